The van der Waals surface area contributed by atoms with E-state index in [0.717, 1.165) is 27.3 Å². The monoisotopic (exact) mass is 346 g/mol. The van der Waals surface area contributed by atoms with E-state index in [2.05, 4.69) is 5.32 Å². The van der Waals surface area contributed by atoms with Crippen molar-refractivity contribution in [3.63, 3.8) is 0 Å². The van der Waals surface area contributed by atoms with E-state index in [9.17, 15) is 13.2 Å². The summed E-state index contributed by atoms with van der Waals surface area (Å²) in [6, 6.07) is 12.7. The zero-order chi connectivity index (χ0) is 17.9. The van der Waals surface area contributed by atoms with Crippen molar-refractivity contribution in [2.45, 2.75) is 20.8 Å². The average Bonchev–Trinajstić information content (AvgIpc) is 2.47. The van der Waals surface area contributed by atoms with Gasteiger partial charge in [0.05, 0.1) is 11.9 Å². The number of nitrogens with one attached hydrogen (secondary N) is 1. The van der Waals surface area contributed by atoms with Gasteiger partial charge in [0.25, 0.3) is 0 Å². The molecule has 0 saturated carbocycles. The molecule has 1 N–H and O–H groups in total. The third kappa shape index (κ3) is 4.58. The van der Waals surface area contributed by atoms with Crippen molar-refractivity contribution in [3.05, 3.63) is 59.2 Å². The maximum absolute atomic E-state index is 12.3. The summed E-state index contributed by atoms with van der Waals surface area (Å²) >= 11 is 0. The van der Waals surface area contributed by atoms with Crippen LogP contribution < -0.4 is 9.62 Å². The number of nitrogens with zero attached hydrogens (tertiary/aromatic N) is 1. The van der Waals surface area contributed by atoms with Crippen LogP contribution in [0.3, 0.4) is 0 Å². The molecule has 6 heteroatoms. The molecule has 2 aromatic rings. The highest BCUT2D eigenvalue weighted by atomic mass is 32.2. The SMILES string of the molecule is Cc1cccc(NC(=O)CN(c2ccc(C)c(C)c2)S(C)(=O)=O)c1. The van der Waals surface area contributed by atoms with Gasteiger partial charge >= 0.3 is 0 Å². The van der Waals surface area contributed by atoms with Gasteiger partial charge in [0.2, 0.25) is 15.9 Å². The van der Waals surface area contributed by atoms with Gasteiger partial charge in [-0.2, -0.15) is 0 Å². The molecule has 0 aliphatic heterocycles. The summed E-state index contributed by atoms with van der Waals surface area (Å²) in [6.07, 6.45) is 1.10. The molecular formula is C18H22N2O3S. The lowest BCUT2D eigenvalue weighted by molar-refractivity contribution is -0.114. The van der Waals surface area contributed by atoms with E-state index in [0.29, 0.717) is 11.4 Å². The Morgan fingerprint density at radius 3 is 2.33 bits per heavy atom. The Kier molecular flexibility index (Phi) is 5.29. The first-order valence-corrected chi connectivity index (χ1v) is 9.43. The normalized spacial score (nSPS) is 11.2. The van der Waals surface area contributed by atoms with E-state index >= 15 is 0 Å². The maximum atomic E-state index is 12.3. The van der Waals surface area contributed by atoms with Crippen molar-refractivity contribution < 1.29 is 13.2 Å². The highest BCUT2D eigenvalue weighted by Gasteiger charge is 2.21. The molecule has 0 aliphatic carbocycles. The number of hydrogen-bond donors (Lipinski definition) is 1. The summed E-state index contributed by atoms with van der Waals surface area (Å²) in [5.41, 5.74) is 4.19. The maximum Gasteiger partial charge on any atom is 0.245 e. The minimum atomic E-state index is -3.57. The third-order valence-corrected chi connectivity index (χ3v) is 4.91. The first kappa shape index (κ1) is 18.0. The fourth-order valence-corrected chi connectivity index (χ4v) is 3.18. The second kappa shape index (κ2) is 7.05. The number of hydrogen-bond acceptors (Lipinski definition) is 3. The number of anilines is 2. The Morgan fingerprint density at radius 2 is 1.75 bits per heavy atom. The molecule has 0 radical (unpaired) electrons. The molecule has 0 atom stereocenters. The van der Waals surface area contributed by atoms with Crippen LogP contribution in [0, 0.1) is 20.8 Å². The molecule has 0 saturated heterocycles. The lowest BCUT2D eigenvalue weighted by atomic mass is 10.1. The van der Waals surface area contributed by atoms with Crippen LogP contribution in [-0.2, 0) is 14.8 Å². The van der Waals surface area contributed by atoms with Crippen LogP contribution in [0.4, 0.5) is 11.4 Å². The van der Waals surface area contributed by atoms with E-state index in [1.54, 1.807) is 18.2 Å². The first-order chi connectivity index (χ1) is 11.2. The number of amides is 1. The second-order valence-corrected chi connectivity index (χ2v) is 7.86. The summed E-state index contributed by atoms with van der Waals surface area (Å²) in [5, 5.41) is 2.74. The molecule has 2 aromatic carbocycles. The topological polar surface area (TPSA) is 66.5 Å². The number of carbonyl (C=O) groups is 1. The minimum Gasteiger partial charge on any atom is -0.325 e. The van der Waals surface area contributed by atoms with Crippen molar-refractivity contribution in [1.82, 2.24) is 0 Å². The van der Waals surface area contributed by atoms with Crippen LogP contribution in [0.15, 0.2) is 42.5 Å². The molecule has 0 aromatic heterocycles. The van der Waals surface area contributed by atoms with Gasteiger partial charge in [-0.25, -0.2) is 8.42 Å². The fourth-order valence-electron chi connectivity index (χ4n) is 2.33. The lowest BCUT2D eigenvalue weighted by Gasteiger charge is -2.22. The number of sulfonamides is 1. The largest absolute Gasteiger partial charge is 0.325 e. The minimum absolute atomic E-state index is 0.269. The highest BCUT2D eigenvalue weighted by Crippen LogP contribution is 2.21. The molecule has 0 heterocycles. The molecule has 128 valence electrons. The smallest absolute Gasteiger partial charge is 0.245 e. The molecule has 2 rings (SSSR count). The number of benzene rings is 2. The van der Waals surface area contributed by atoms with E-state index in [1.807, 2.05) is 45.0 Å². The van der Waals surface area contributed by atoms with Crippen molar-refractivity contribution in [3.8, 4) is 0 Å². The standard InChI is InChI=1S/C18H22N2O3S/c1-13-6-5-7-16(10-13)19-18(21)12-20(24(4,22)23)17-9-8-14(2)15(3)11-17/h5-11H,12H2,1-4H3,(H,19,21). The number of aryl methyl sites for hydroxylation is 3. The summed E-state index contributed by atoms with van der Waals surface area (Å²) in [4.78, 5) is 12.3. The van der Waals surface area contributed by atoms with Gasteiger partial charge in [0.1, 0.15) is 6.54 Å². The molecule has 0 bridgehead atoms. The van der Waals surface area contributed by atoms with Gasteiger partial charge in [-0.15, -0.1) is 0 Å². The van der Waals surface area contributed by atoms with Gasteiger partial charge in [-0.05, 0) is 61.7 Å². The summed E-state index contributed by atoms with van der Waals surface area (Å²) in [7, 11) is -3.57. The molecular weight excluding hydrogens is 324 g/mol. The fraction of sp³-hybridized carbons (Fsp3) is 0.278. The molecule has 0 spiro atoms. The predicted octanol–water partition coefficient (Wildman–Crippen LogP) is 3.02. The highest BCUT2D eigenvalue weighted by molar-refractivity contribution is 7.92. The van der Waals surface area contributed by atoms with E-state index in [-0.39, 0.29) is 12.5 Å². The Morgan fingerprint density at radius 1 is 1.04 bits per heavy atom. The molecule has 0 unspecified atom stereocenters. The van der Waals surface area contributed by atoms with Crippen molar-refractivity contribution >= 4 is 27.3 Å². The van der Waals surface area contributed by atoms with Crippen molar-refractivity contribution in [2.24, 2.45) is 0 Å². The van der Waals surface area contributed by atoms with Gasteiger partial charge in [-0.1, -0.05) is 18.2 Å². The zero-order valence-corrected chi connectivity index (χ0v) is 15.1. The Labute approximate surface area is 143 Å². The van der Waals surface area contributed by atoms with E-state index in [1.165, 1.54) is 0 Å². The van der Waals surface area contributed by atoms with E-state index < -0.39 is 10.0 Å². The van der Waals surface area contributed by atoms with Gasteiger partial charge in [-0.3, -0.25) is 9.10 Å². The summed E-state index contributed by atoms with van der Waals surface area (Å²) < 4.78 is 25.3. The number of carbonyl (C=O) groups excluding carboxylic acids is 1. The Balaban J connectivity index is 2.23. The molecule has 0 fully saturated rings. The quantitative estimate of drug-likeness (QED) is 0.905. The molecule has 5 nitrogen and oxygen atoms in total. The zero-order valence-electron chi connectivity index (χ0n) is 14.3. The van der Waals surface area contributed by atoms with Crippen LogP contribution in [0.25, 0.3) is 0 Å². The molecule has 0 aliphatic rings. The Hall–Kier alpha value is -2.34. The molecule has 24 heavy (non-hydrogen) atoms. The van der Waals surface area contributed by atoms with Crippen molar-refractivity contribution in [2.75, 3.05) is 22.4 Å². The second-order valence-electron chi connectivity index (χ2n) is 5.96. The van der Waals surface area contributed by atoms with Crippen LogP contribution in [0.1, 0.15) is 16.7 Å². The third-order valence-electron chi connectivity index (χ3n) is 3.77. The van der Waals surface area contributed by atoms with Gasteiger partial charge < -0.3 is 5.32 Å². The predicted molar refractivity (Wildman–Crippen MR) is 97.9 cm³/mol. The van der Waals surface area contributed by atoms with Crippen LogP contribution >= 0.6 is 0 Å². The average molecular weight is 346 g/mol. The first-order valence-electron chi connectivity index (χ1n) is 7.58. The van der Waals surface area contributed by atoms with E-state index in [4.69, 9.17) is 0 Å². The number of rotatable bonds is 5. The lowest BCUT2D eigenvalue weighted by Crippen LogP contribution is -2.37. The summed E-state index contributed by atoms with van der Waals surface area (Å²) in [5.74, 6) is -0.385. The Bertz CT molecular complexity index is 860. The van der Waals surface area contributed by atoms with Crippen LogP contribution in [0.5, 0.6) is 0 Å². The van der Waals surface area contributed by atoms with Crippen molar-refractivity contribution in [1.29, 1.82) is 0 Å². The molecule has 1 amide bonds. The van der Waals surface area contributed by atoms with Gasteiger partial charge in [0, 0.05) is 5.69 Å². The van der Waals surface area contributed by atoms with Crippen LogP contribution in [-0.4, -0.2) is 27.1 Å². The van der Waals surface area contributed by atoms with Crippen LogP contribution in [0.2, 0.25) is 0 Å². The van der Waals surface area contributed by atoms with Gasteiger partial charge in [0.15, 0.2) is 0 Å². The summed E-state index contributed by atoms with van der Waals surface area (Å²) in [6.45, 7) is 5.52.